The highest BCUT2D eigenvalue weighted by atomic mass is 16.5. The molecule has 1 N–H and O–H groups in total. The van der Waals surface area contributed by atoms with E-state index >= 15 is 0 Å². The minimum Gasteiger partial charge on any atom is -0.457 e. The molecule has 2 heterocycles. The molecule has 0 aliphatic rings. The van der Waals surface area contributed by atoms with Crippen LogP contribution >= 0.6 is 0 Å². The van der Waals surface area contributed by atoms with E-state index < -0.39 is 0 Å². The van der Waals surface area contributed by atoms with Gasteiger partial charge in [0, 0.05) is 57.8 Å². The molecule has 1 aromatic carbocycles. The molecule has 0 radical (unpaired) electrons. The lowest BCUT2D eigenvalue weighted by atomic mass is 10.0. The maximum Gasteiger partial charge on any atom is 0.219 e. The summed E-state index contributed by atoms with van der Waals surface area (Å²) in [5, 5.41) is 3.16. The lowest BCUT2D eigenvalue weighted by Crippen LogP contribution is -2.31. The Bertz CT molecular complexity index is 1240. The van der Waals surface area contributed by atoms with E-state index in [2.05, 4.69) is 29.4 Å². The Balaban J connectivity index is 1.86. The molecule has 0 saturated heterocycles. The first-order valence-electron chi connectivity index (χ1n) is 13.2. The minimum atomic E-state index is 0.0199. The molecule has 3 rings (SSSR count). The molecule has 202 valence electrons. The van der Waals surface area contributed by atoms with Crippen molar-refractivity contribution in [3.63, 3.8) is 0 Å². The first-order valence-corrected chi connectivity index (χ1v) is 13.2. The Morgan fingerprint density at radius 1 is 1.11 bits per heavy atom. The molecule has 0 aliphatic heterocycles. The number of benzene rings is 1. The standard InChI is InChI=1S/C31H40N4O3/c1-7-8-9-26(28-12-10-25(20-34-28)21-35(24(4)36)16-17-37-6)19-29-23(3)31(14-15-33-29)38-30-13-11-27(32-5)18-22(30)2/h10-15,18-20,32H,7-9,16-17,21H2,1-6H3/b26-19+. The third kappa shape index (κ3) is 7.89. The summed E-state index contributed by atoms with van der Waals surface area (Å²) in [6.07, 6.45) is 8.80. The SMILES string of the molecule is CCCC/C(=C\c1nccc(Oc2ccc(NC)cc2C)c1C)c1ccc(CN(CCOC)C(C)=O)cn1. The number of nitrogens with one attached hydrogen (secondary N) is 1. The average Bonchev–Trinajstić information content (AvgIpc) is 2.92. The number of unbranched alkanes of at least 4 members (excludes halogenated alkanes) is 1. The van der Waals surface area contributed by atoms with Gasteiger partial charge in [0.2, 0.25) is 5.91 Å². The summed E-state index contributed by atoms with van der Waals surface area (Å²) in [6, 6.07) is 12.0. The maximum atomic E-state index is 12.0. The third-order valence-corrected chi connectivity index (χ3v) is 6.53. The molecule has 0 fully saturated rings. The van der Waals surface area contributed by atoms with Crippen molar-refractivity contribution < 1.29 is 14.3 Å². The predicted molar refractivity (Wildman–Crippen MR) is 154 cm³/mol. The number of ether oxygens (including phenoxy) is 2. The molecule has 0 aliphatic carbocycles. The monoisotopic (exact) mass is 516 g/mol. The number of nitrogens with zero attached hydrogens (tertiary/aromatic N) is 3. The van der Waals surface area contributed by atoms with Gasteiger partial charge in [0.15, 0.2) is 0 Å². The van der Waals surface area contributed by atoms with E-state index in [9.17, 15) is 4.79 Å². The van der Waals surface area contributed by atoms with Gasteiger partial charge in [-0.25, -0.2) is 0 Å². The zero-order valence-electron chi connectivity index (χ0n) is 23.5. The Labute approximate surface area is 226 Å². The van der Waals surface area contributed by atoms with Crippen LogP contribution in [0.4, 0.5) is 5.69 Å². The van der Waals surface area contributed by atoms with Crippen LogP contribution in [-0.4, -0.2) is 48.1 Å². The topological polar surface area (TPSA) is 76.6 Å². The first-order chi connectivity index (χ1) is 18.4. The molecular weight excluding hydrogens is 476 g/mol. The number of amides is 1. The molecule has 0 atom stereocenters. The fourth-order valence-corrected chi connectivity index (χ4v) is 4.11. The molecule has 0 spiro atoms. The van der Waals surface area contributed by atoms with Crippen molar-refractivity contribution in [2.24, 2.45) is 0 Å². The van der Waals surface area contributed by atoms with Crippen molar-refractivity contribution in [3.8, 4) is 11.5 Å². The van der Waals surface area contributed by atoms with E-state index in [1.807, 2.05) is 57.4 Å². The Kier molecular flexibility index (Phi) is 10.8. The van der Waals surface area contributed by atoms with Crippen molar-refractivity contribution in [2.45, 2.75) is 53.5 Å². The molecule has 0 bridgehead atoms. The van der Waals surface area contributed by atoms with Crippen LogP contribution in [0.15, 0.2) is 48.8 Å². The fourth-order valence-electron chi connectivity index (χ4n) is 4.11. The maximum absolute atomic E-state index is 12.0. The summed E-state index contributed by atoms with van der Waals surface area (Å²) >= 11 is 0. The summed E-state index contributed by atoms with van der Waals surface area (Å²) in [5.74, 6) is 1.62. The molecule has 2 aromatic heterocycles. The lowest BCUT2D eigenvalue weighted by Gasteiger charge is -2.20. The van der Waals surface area contributed by atoms with Gasteiger partial charge in [-0.05, 0) is 79.8 Å². The molecule has 7 heteroatoms. The van der Waals surface area contributed by atoms with E-state index in [-0.39, 0.29) is 5.91 Å². The molecule has 0 unspecified atom stereocenters. The van der Waals surface area contributed by atoms with Gasteiger partial charge in [0.25, 0.3) is 0 Å². The largest absolute Gasteiger partial charge is 0.457 e. The molecule has 38 heavy (non-hydrogen) atoms. The minimum absolute atomic E-state index is 0.0199. The molecule has 3 aromatic rings. The van der Waals surface area contributed by atoms with E-state index in [1.54, 1.807) is 25.1 Å². The van der Waals surface area contributed by atoms with Crippen LogP contribution in [-0.2, 0) is 16.1 Å². The number of carbonyl (C=O) groups excluding carboxylic acids is 1. The van der Waals surface area contributed by atoms with Crippen molar-refractivity contribution in [2.75, 3.05) is 32.6 Å². The number of rotatable bonds is 13. The number of carbonyl (C=O) groups is 1. The van der Waals surface area contributed by atoms with Gasteiger partial charge in [-0.1, -0.05) is 19.4 Å². The van der Waals surface area contributed by atoms with Crippen LogP contribution in [0.2, 0.25) is 0 Å². The number of aryl methyl sites for hydroxylation is 1. The van der Waals surface area contributed by atoms with Gasteiger partial charge in [-0.2, -0.15) is 0 Å². The van der Waals surface area contributed by atoms with E-state index in [0.29, 0.717) is 19.7 Å². The van der Waals surface area contributed by atoms with Crippen molar-refractivity contribution in [1.29, 1.82) is 0 Å². The predicted octanol–water partition coefficient (Wildman–Crippen LogP) is 6.65. The van der Waals surface area contributed by atoms with Gasteiger partial charge in [-0.3, -0.25) is 14.8 Å². The lowest BCUT2D eigenvalue weighted by molar-refractivity contribution is -0.130. The summed E-state index contributed by atoms with van der Waals surface area (Å²) in [7, 11) is 3.54. The highest BCUT2D eigenvalue weighted by Crippen LogP contribution is 2.32. The third-order valence-electron chi connectivity index (χ3n) is 6.53. The Morgan fingerprint density at radius 2 is 1.92 bits per heavy atom. The van der Waals surface area contributed by atoms with Gasteiger partial charge < -0.3 is 19.7 Å². The quantitative estimate of drug-likeness (QED) is 0.274. The summed E-state index contributed by atoms with van der Waals surface area (Å²) in [6.45, 7) is 9.41. The van der Waals surface area contributed by atoms with Crippen LogP contribution in [0, 0.1) is 13.8 Å². The van der Waals surface area contributed by atoms with E-state index in [1.165, 1.54) is 0 Å². The fraction of sp³-hybridized carbons (Fsp3) is 0.387. The number of anilines is 1. The average molecular weight is 517 g/mol. The van der Waals surface area contributed by atoms with E-state index in [0.717, 1.165) is 70.1 Å². The second-order valence-electron chi connectivity index (χ2n) is 9.41. The number of aromatic nitrogens is 2. The normalized spacial score (nSPS) is 11.4. The van der Waals surface area contributed by atoms with Gasteiger partial charge >= 0.3 is 0 Å². The smallest absolute Gasteiger partial charge is 0.219 e. The van der Waals surface area contributed by atoms with Crippen LogP contribution in [0.5, 0.6) is 11.5 Å². The highest BCUT2D eigenvalue weighted by molar-refractivity contribution is 5.80. The van der Waals surface area contributed by atoms with Crippen LogP contribution in [0.1, 0.15) is 61.2 Å². The van der Waals surface area contributed by atoms with Gasteiger partial charge in [0.05, 0.1) is 18.0 Å². The van der Waals surface area contributed by atoms with Gasteiger partial charge in [-0.15, -0.1) is 0 Å². The van der Waals surface area contributed by atoms with Crippen LogP contribution in [0.3, 0.4) is 0 Å². The summed E-state index contributed by atoms with van der Waals surface area (Å²) in [4.78, 5) is 23.2. The number of pyridine rings is 2. The van der Waals surface area contributed by atoms with Gasteiger partial charge in [0.1, 0.15) is 11.5 Å². The molecule has 0 saturated carbocycles. The number of methoxy groups -OCH3 is 1. The first kappa shape index (κ1) is 28.9. The van der Waals surface area contributed by atoms with Crippen molar-refractivity contribution >= 4 is 23.2 Å². The number of hydrogen-bond donors (Lipinski definition) is 1. The summed E-state index contributed by atoms with van der Waals surface area (Å²) in [5.41, 5.74) is 6.98. The van der Waals surface area contributed by atoms with Crippen molar-refractivity contribution in [1.82, 2.24) is 14.9 Å². The number of hydrogen-bond acceptors (Lipinski definition) is 6. The molecule has 7 nitrogen and oxygen atoms in total. The zero-order chi connectivity index (χ0) is 27.5. The number of allylic oxidation sites excluding steroid dienone is 1. The Hall–Kier alpha value is -3.71. The Morgan fingerprint density at radius 3 is 2.55 bits per heavy atom. The second-order valence-corrected chi connectivity index (χ2v) is 9.41. The van der Waals surface area contributed by atoms with Crippen LogP contribution in [0.25, 0.3) is 11.6 Å². The van der Waals surface area contributed by atoms with Crippen molar-refractivity contribution in [3.05, 3.63) is 76.9 Å². The molecular formula is C31H40N4O3. The highest BCUT2D eigenvalue weighted by Gasteiger charge is 2.13. The molecule has 1 amide bonds. The second kappa shape index (κ2) is 14.3. The van der Waals surface area contributed by atoms with Crippen LogP contribution < -0.4 is 10.1 Å². The zero-order valence-corrected chi connectivity index (χ0v) is 23.5. The summed E-state index contributed by atoms with van der Waals surface area (Å²) < 4.78 is 11.4. The van der Waals surface area contributed by atoms with E-state index in [4.69, 9.17) is 14.5 Å².